The molecule has 0 fully saturated rings. The number of non-ortho nitro benzene ring substituents is 2. The summed E-state index contributed by atoms with van der Waals surface area (Å²) in [5.74, 6) is 1.05. The number of hydrogen-bond donors (Lipinski definition) is 0. The molecule has 0 aliphatic rings. The van der Waals surface area contributed by atoms with Crippen molar-refractivity contribution in [2.24, 2.45) is 0 Å². The lowest BCUT2D eigenvalue weighted by atomic mass is 10.0. The summed E-state index contributed by atoms with van der Waals surface area (Å²) in [5, 5.41) is 21.9. The second-order valence-electron chi connectivity index (χ2n) is 6.93. The molecule has 3 aromatic carbocycles. The van der Waals surface area contributed by atoms with Crippen molar-refractivity contribution in [1.29, 1.82) is 0 Å². The van der Waals surface area contributed by atoms with Gasteiger partial charge < -0.3 is 0 Å². The maximum Gasteiger partial charge on any atom is 0.361 e. The van der Waals surface area contributed by atoms with Gasteiger partial charge in [-0.15, -0.1) is 10.2 Å². The second kappa shape index (κ2) is 10.8. The zero-order valence-corrected chi connectivity index (χ0v) is 18.4. The van der Waals surface area contributed by atoms with E-state index in [0.717, 1.165) is 11.1 Å². The molecule has 178 valence electrons. The van der Waals surface area contributed by atoms with Gasteiger partial charge in [0.15, 0.2) is 0 Å². The molecule has 4 rings (SSSR count). The fourth-order valence-electron chi connectivity index (χ4n) is 3.08. The van der Waals surface area contributed by atoms with Crippen LogP contribution < -0.4 is 18.6 Å². The highest BCUT2D eigenvalue weighted by Gasteiger charge is 2.22. The first kappa shape index (κ1) is 25.4. The van der Waals surface area contributed by atoms with Gasteiger partial charge in [0.25, 0.3) is 11.4 Å². The normalized spacial score (nSPS) is 10.7. The van der Waals surface area contributed by atoms with Crippen molar-refractivity contribution < 1.29 is 43.1 Å². The van der Waals surface area contributed by atoms with Gasteiger partial charge in [-0.3, -0.25) is 20.2 Å². The lowest BCUT2D eigenvalue weighted by Crippen LogP contribution is -2.68. The van der Waals surface area contributed by atoms with E-state index >= 15 is 0 Å². The Kier molecular flexibility index (Phi) is 7.81. The van der Waals surface area contributed by atoms with Gasteiger partial charge in [-0.2, -0.15) is 0 Å². The van der Waals surface area contributed by atoms with Gasteiger partial charge in [-0.1, -0.05) is 30.3 Å². The summed E-state index contributed by atoms with van der Waals surface area (Å²) in [6.07, 6.45) is 0. The summed E-state index contributed by atoms with van der Waals surface area (Å²) in [7, 11) is -4.94. The molecule has 0 aliphatic heterocycles. The average Bonchev–Trinajstić information content (AvgIpc) is 2.83. The Morgan fingerprint density at radius 2 is 0.914 bits per heavy atom. The number of hydrogen-bond acceptors (Lipinski definition) is 8. The highest BCUT2D eigenvalue weighted by Crippen LogP contribution is 2.34. The van der Waals surface area contributed by atoms with Crippen molar-refractivity contribution in [3.8, 4) is 33.8 Å². The van der Waals surface area contributed by atoms with Crippen molar-refractivity contribution in [3.63, 3.8) is 0 Å². The maximum absolute atomic E-state index is 10.9. The number of nitro benzene ring substituents is 2. The molecular weight excluding hydrogens is 484 g/mol. The van der Waals surface area contributed by atoms with E-state index in [4.69, 9.17) is 23.1 Å². The van der Waals surface area contributed by atoms with Crippen LogP contribution in [0.25, 0.3) is 33.8 Å². The third-order valence-corrected chi connectivity index (χ3v) is 4.63. The van der Waals surface area contributed by atoms with Crippen LogP contribution in [0.1, 0.15) is 0 Å². The van der Waals surface area contributed by atoms with Crippen LogP contribution in [0.5, 0.6) is 0 Å². The summed E-state index contributed by atoms with van der Waals surface area (Å²) in [6, 6.07) is 25.7. The Labute approximate surface area is 199 Å². The molecule has 35 heavy (non-hydrogen) atoms. The highest BCUT2D eigenvalue weighted by atomic mass is 35.7. The predicted molar refractivity (Wildman–Crippen MR) is 113 cm³/mol. The molecule has 0 bridgehead atoms. The van der Waals surface area contributed by atoms with E-state index in [1.807, 2.05) is 42.5 Å². The summed E-state index contributed by atoms with van der Waals surface area (Å²) < 4.78 is 40.0. The van der Waals surface area contributed by atoms with Crippen LogP contribution in [0.3, 0.4) is 0 Å². The minimum absolute atomic E-state index is 0.00597. The van der Waals surface area contributed by atoms with Gasteiger partial charge in [0, 0.05) is 29.8 Å². The Bertz CT molecular complexity index is 1240. The molecule has 0 amide bonds. The maximum atomic E-state index is 10.9. The molecule has 0 N–H and O–H groups in total. The van der Waals surface area contributed by atoms with Crippen molar-refractivity contribution in [3.05, 3.63) is 111 Å². The van der Waals surface area contributed by atoms with Crippen LogP contribution in [-0.2, 0) is 0 Å². The molecule has 1 heterocycles. The Balaban J connectivity index is 0.000000623. The topological polar surface area (TPSA) is 190 Å². The van der Waals surface area contributed by atoms with Gasteiger partial charge in [-0.25, -0.2) is 23.1 Å². The fourth-order valence-corrected chi connectivity index (χ4v) is 3.08. The van der Waals surface area contributed by atoms with Crippen LogP contribution in [0, 0.1) is 30.5 Å². The minimum Gasteiger partial charge on any atom is -0.258 e. The van der Waals surface area contributed by atoms with Gasteiger partial charge in [0.1, 0.15) is 0 Å². The molecule has 0 radical (unpaired) electrons. The first-order valence-electron chi connectivity index (χ1n) is 9.66. The standard InChI is InChI=1S/C23H15N2O5.ClHO4/c26-24(27)20-10-6-17(7-11-20)22-14-19(16-4-2-1-3-5-16)15-23(30-22)18-8-12-21(13-9-18)25(28)29;2-1(3,4)5/h1-15H;(H,2,3,4,5)/q+1;/p-1. The molecule has 11 nitrogen and oxygen atoms in total. The predicted octanol–water partition coefficient (Wildman–Crippen LogP) is 1.62. The molecule has 12 heteroatoms. The number of benzene rings is 3. The zero-order chi connectivity index (χ0) is 25.6. The molecular formula is C23H15ClN2O9. The monoisotopic (exact) mass is 498 g/mol. The summed E-state index contributed by atoms with van der Waals surface area (Å²) in [5.41, 5.74) is 3.22. The Morgan fingerprint density at radius 1 is 0.543 bits per heavy atom. The Hall–Kier alpha value is -4.26. The van der Waals surface area contributed by atoms with Crippen molar-refractivity contribution in [2.45, 2.75) is 0 Å². The molecule has 0 atom stereocenters. The van der Waals surface area contributed by atoms with Crippen LogP contribution in [-0.4, -0.2) is 9.85 Å². The van der Waals surface area contributed by atoms with Crippen molar-refractivity contribution >= 4 is 11.4 Å². The zero-order valence-electron chi connectivity index (χ0n) is 17.6. The van der Waals surface area contributed by atoms with E-state index in [1.165, 1.54) is 24.3 Å². The number of nitrogens with zero attached hydrogens (tertiary/aromatic N) is 2. The molecule has 0 aliphatic carbocycles. The third kappa shape index (κ3) is 7.37. The van der Waals surface area contributed by atoms with Crippen LogP contribution >= 0.6 is 0 Å². The lowest BCUT2D eigenvalue weighted by Gasteiger charge is -2.17. The number of rotatable bonds is 5. The molecule has 0 saturated heterocycles. The molecule has 1 aromatic heterocycles. The fraction of sp³-hybridized carbons (Fsp3) is 0. The number of halogens is 1. The molecule has 0 spiro atoms. The van der Waals surface area contributed by atoms with Crippen molar-refractivity contribution in [1.82, 2.24) is 0 Å². The molecule has 0 saturated carbocycles. The van der Waals surface area contributed by atoms with E-state index in [2.05, 4.69) is 0 Å². The van der Waals surface area contributed by atoms with E-state index < -0.39 is 20.1 Å². The van der Waals surface area contributed by atoms with Gasteiger partial charge in [0.2, 0.25) is 0 Å². The van der Waals surface area contributed by atoms with Crippen LogP contribution in [0.15, 0.2) is 95.4 Å². The van der Waals surface area contributed by atoms with Gasteiger partial charge in [-0.05, 0) is 29.8 Å². The van der Waals surface area contributed by atoms with Crippen LogP contribution in [0.4, 0.5) is 11.4 Å². The average molecular weight is 499 g/mol. The first-order valence-corrected chi connectivity index (χ1v) is 10.9. The van der Waals surface area contributed by atoms with E-state index in [1.54, 1.807) is 24.3 Å². The number of nitro groups is 2. The largest absolute Gasteiger partial charge is 0.361 e. The minimum atomic E-state index is -4.94. The van der Waals surface area contributed by atoms with E-state index in [0.29, 0.717) is 22.6 Å². The lowest BCUT2D eigenvalue weighted by molar-refractivity contribution is -2.00. The summed E-state index contributed by atoms with van der Waals surface area (Å²) in [6.45, 7) is 0. The first-order chi connectivity index (χ1) is 16.5. The van der Waals surface area contributed by atoms with E-state index in [-0.39, 0.29) is 11.4 Å². The van der Waals surface area contributed by atoms with Gasteiger partial charge in [0.05, 0.1) is 33.1 Å². The van der Waals surface area contributed by atoms with Crippen molar-refractivity contribution in [2.75, 3.05) is 0 Å². The van der Waals surface area contributed by atoms with Crippen LogP contribution in [0.2, 0.25) is 0 Å². The van der Waals surface area contributed by atoms with Gasteiger partial charge >= 0.3 is 11.5 Å². The molecule has 4 aromatic rings. The second-order valence-corrected chi connectivity index (χ2v) is 7.68. The SMILES string of the molecule is O=[N+]([O-])c1ccc(-c2cc(-c3ccccc3)cc(-c3ccc([N+](=O)[O-])cc3)[o+]2)cc1.[O-][Cl+3]([O-])([O-])[O-]. The molecule has 0 unspecified atom stereocenters. The Morgan fingerprint density at radius 3 is 1.26 bits per heavy atom. The van der Waals surface area contributed by atoms with E-state index in [9.17, 15) is 20.2 Å². The highest BCUT2D eigenvalue weighted by molar-refractivity contribution is 5.75. The smallest absolute Gasteiger partial charge is 0.258 e. The summed E-state index contributed by atoms with van der Waals surface area (Å²) >= 11 is 0. The summed E-state index contributed by atoms with van der Waals surface area (Å²) in [4.78, 5) is 21.0. The quantitative estimate of drug-likeness (QED) is 0.223. The third-order valence-electron chi connectivity index (χ3n) is 4.63.